The first-order chi connectivity index (χ1) is 16.3. The average molecular weight is 468 g/mol. The number of ketones is 1. The molecule has 1 aliphatic rings. The fraction of sp³-hybridized carbons (Fsp3) is 0.407. The molecule has 182 valence electrons. The topological polar surface area (TPSA) is 85.3 Å². The zero-order chi connectivity index (χ0) is 24.8. The second kappa shape index (κ2) is 11.2. The molecule has 1 N–H and O–H groups in total. The van der Waals surface area contributed by atoms with E-state index < -0.39 is 17.7 Å². The van der Waals surface area contributed by atoms with E-state index in [-0.39, 0.29) is 17.4 Å². The van der Waals surface area contributed by atoms with Crippen molar-refractivity contribution < 1.29 is 28.9 Å². The molecule has 1 unspecified atom stereocenters. The lowest BCUT2D eigenvalue weighted by Gasteiger charge is -2.25. The van der Waals surface area contributed by atoms with Crippen molar-refractivity contribution in [3.63, 3.8) is 0 Å². The van der Waals surface area contributed by atoms with Crippen molar-refractivity contribution in [2.75, 3.05) is 26.9 Å². The average Bonchev–Trinajstić information content (AvgIpc) is 3.05. The van der Waals surface area contributed by atoms with Gasteiger partial charge in [0.2, 0.25) is 0 Å². The van der Waals surface area contributed by atoms with Gasteiger partial charge in [0.25, 0.3) is 11.7 Å². The van der Waals surface area contributed by atoms with Crippen LogP contribution in [0, 0.1) is 6.92 Å². The largest absolute Gasteiger partial charge is 0.507 e. The summed E-state index contributed by atoms with van der Waals surface area (Å²) in [7, 11) is 1.59. The second-order valence-electron chi connectivity index (χ2n) is 8.49. The van der Waals surface area contributed by atoms with Gasteiger partial charge in [0, 0.05) is 25.8 Å². The van der Waals surface area contributed by atoms with Gasteiger partial charge in [0.05, 0.1) is 24.3 Å². The van der Waals surface area contributed by atoms with Gasteiger partial charge in [-0.1, -0.05) is 12.1 Å². The number of carbonyl (C=O) groups is 2. The Kier molecular flexibility index (Phi) is 8.34. The molecule has 0 aromatic heterocycles. The molecule has 1 fully saturated rings. The monoisotopic (exact) mass is 467 g/mol. The molecule has 3 rings (SSSR count). The highest BCUT2D eigenvalue weighted by atomic mass is 16.5. The van der Waals surface area contributed by atoms with E-state index in [0.717, 1.165) is 11.1 Å². The molecule has 7 heteroatoms. The highest BCUT2D eigenvalue weighted by Gasteiger charge is 2.45. The van der Waals surface area contributed by atoms with Crippen LogP contribution >= 0.6 is 0 Å². The summed E-state index contributed by atoms with van der Waals surface area (Å²) in [5, 5.41) is 11.2. The first kappa shape index (κ1) is 25.3. The predicted molar refractivity (Wildman–Crippen MR) is 130 cm³/mol. The smallest absolute Gasteiger partial charge is 0.295 e. The van der Waals surface area contributed by atoms with Gasteiger partial charge in [-0.05, 0) is 75.6 Å². The summed E-state index contributed by atoms with van der Waals surface area (Å²) < 4.78 is 16.4. The Labute approximate surface area is 200 Å². The number of rotatable bonds is 10. The van der Waals surface area contributed by atoms with E-state index in [4.69, 9.17) is 14.2 Å². The number of hydrogen-bond acceptors (Lipinski definition) is 6. The molecule has 0 radical (unpaired) electrons. The molecule has 7 nitrogen and oxygen atoms in total. The quantitative estimate of drug-likeness (QED) is 0.237. The number of amides is 1. The maximum Gasteiger partial charge on any atom is 0.295 e. The summed E-state index contributed by atoms with van der Waals surface area (Å²) in [6, 6.07) is 11.8. The minimum Gasteiger partial charge on any atom is -0.507 e. The van der Waals surface area contributed by atoms with Gasteiger partial charge >= 0.3 is 0 Å². The van der Waals surface area contributed by atoms with Crippen molar-refractivity contribution in [1.29, 1.82) is 0 Å². The van der Waals surface area contributed by atoms with Gasteiger partial charge in [-0.3, -0.25) is 9.59 Å². The van der Waals surface area contributed by atoms with Crippen molar-refractivity contribution >= 4 is 17.4 Å². The van der Waals surface area contributed by atoms with E-state index in [1.807, 2.05) is 52.0 Å². The zero-order valence-electron chi connectivity index (χ0n) is 20.5. The third kappa shape index (κ3) is 5.42. The van der Waals surface area contributed by atoms with Gasteiger partial charge in [0.1, 0.15) is 17.3 Å². The number of hydrogen-bond donors (Lipinski definition) is 1. The van der Waals surface area contributed by atoms with E-state index in [9.17, 15) is 14.7 Å². The number of aryl methyl sites for hydroxylation is 1. The third-order valence-electron chi connectivity index (χ3n) is 5.60. The van der Waals surface area contributed by atoms with Crippen LogP contribution in [-0.4, -0.2) is 54.7 Å². The maximum atomic E-state index is 13.1. The third-order valence-corrected chi connectivity index (χ3v) is 5.60. The Balaban J connectivity index is 2.07. The molecule has 1 aliphatic heterocycles. The van der Waals surface area contributed by atoms with Crippen molar-refractivity contribution in [2.45, 2.75) is 46.3 Å². The van der Waals surface area contributed by atoms with Crippen molar-refractivity contribution in [3.8, 4) is 11.5 Å². The van der Waals surface area contributed by atoms with E-state index in [2.05, 4.69) is 0 Å². The normalized spacial score (nSPS) is 17.5. The molecular formula is C27H33NO6. The van der Waals surface area contributed by atoms with Crippen LogP contribution in [0.2, 0.25) is 0 Å². The van der Waals surface area contributed by atoms with Gasteiger partial charge < -0.3 is 24.2 Å². The predicted octanol–water partition coefficient (Wildman–Crippen LogP) is 4.64. The number of likely N-dealkylation sites (tertiary alicyclic amines) is 1. The fourth-order valence-corrected chi connectivity index (χ4v) is 4.11. The Hall–Kier alpha value is -3.32. The Morgan fingerprint density at radius 1 is 1.12 bits per heavy atom. The molecular weight excluding hydrogens is 434 g/mol. The molecule has 1 amide bonds. The maximum absolute atomic E-state index is 13.1. The number of aliphatic hydroxyl groups is 1. The summed E-state index contributed by atoms with van der Waals surface area (Å²) >= 11 is 0. The highest BCUT2D eigenvalue weighted by Crippen LogP contribution is 2.40. The molecule has 1 atom stereocenters. The molecule has 2 aromatic carbocycles. The van der Waals surface area contributed by atoms with Gasteiger partial charge in [-0.2, -0.15) is 0 Å². The summed E-state index contributed by atoms with van der Waals surface area (Å²) in [5.41, 5.74) is 2.08. The molecule has 0 aliphatic carbocycles. The molecule has 1 saturated heterocycles. The lowest BCUT2D eigenvalue weighted by Crippen LogP contribution is -2.31. The van der Waals surface area contributed by atoms with Crippen LogP contribution in [0.4, 0.5) is 0 Å². The number of nitrogens with zero attached hydrogens (tertiary/aromatic N) is 1. The molecule has 2 aromatic rings. The Bertz CT molecular complexity index is 1060. The highest BCUT2D eigenvalue weighted by molar-refractivity contribution is 6.46. The van der Waals surface area contributed by atoms with Crippen LogP contribution in [0.15, 0.2) is 48.0 Å². The molecule has 34 heavy (non-hydrogen) atoms. The first-order valence-electron chi connectivity index (χ1n) is 11.6. The second-order valence-corrected chi connectivity index (χ2v) is 8.49. The van der Waals surface area contributed by atoms with E-state index in [1.54, 1.807) is 25.3 Å². The van der Waals surface area contributed by atoms with Crippen LogP contribution < -0.4 is 9.47 Å². The van der Waals surface area contributed by atoms with Gasteiger partial charge in [-0.15, -0.1) is 0 Å². The van der Waals surface area contributed by atoms with Crippen LogP contribution in [0.3, 0.4) is 0 Å². The summed E-state index contributed by atoms with van der Waals surface area (Å²) in [6.07, 6.45) is 0.588. The lowest BCUT2D eigenvalue weighted by molar-refractivity contribution is -0.140. The van der Waals surface area contributed by atoms with Crippen molar-refractivity contribution in [1.82, 2.24) is 4.90 Å². The zero-order valence-corrected chi connectivity index (χ0v) is 20.5. The molecule has 1 heterocycles. The van der Waals surface area contributed by atoms with Crippen LogP contribution in [0.5, 0.6) is 11.5 Å². The summed E-state index contributed by atoms with van der Waals surface area (Å²) in [4.78, 5) is 27.6. The number of aliphatic hydroxyl groups excluding tert-OH is 1. The number of carbonyl (C=O) groups excluding carboxylic acids is 2. The molecule has 0 bridgehead atoms. The SMILES string of the molecule is CCOc1ccc(/C(O)=C2/C(=O)C(=O)N(CCCOC)C2c2ccc(OC(C)C)cc2)cc1C. The van der Waals surface area contributed by atoms with Crippen molar-refractivity contribution in [2.24, 2.45) is 0 Å². The molecule has 0 saturated carbocycles. The standard InChI is InChI=1S/C27H33NO6/c1-6-33-22-13-10-20(16-18(22)4)25(29)23-24(19-8-11-21(12-9-19)34-17(2)3)28(14-7-15-32-5)27(31)26(23)30/h8-13,16-17,24,29H,6-7,14-15H2,1-5H3/b25-23-. The summed E-state index contributed by atoms with van der Waals surface area (Å²) in [6.45, 7) is 8.96. The van der Waals surface area contributed by atoms with Crippen LogP contribution in [-0.2, 0) is 14.3 Å². The van der Waals surface area contributed by atoms with E-state index in [0.29, 0.717) is 43.2 Å². The number of Topliss-reactive ketones (excluding diaryl/α,β-unsaturated/α-hetero) is 1. The van der Waals surface area contributed by atoms with E-state index >= 15 is 0 Å². The fourth-order valence-electron chi connectivity index (χ4n) is 4.11. The molecule has 0 spiro atoms. The van der Waals surface area contributed by atoms with Gasteiger partial charge in [0.15, 0.2) is 0 Å². The summed E-state index contributed by atoms with van der Waals surface area (Å²) in [5.74, 6) is -0.137. The van der Waals surface area contributed by atoms with Crippen LogP contribution in [0.25, 0.3) is 5.76 Å². The first-order valence-corrected chi connectivity index (χ1v) is 11.6. The number of methoxy groups -OCH3 is 1. The Morgan fingerprint density at radius 3 is 2.41 bits per heavy atom. The number of benzene rings is 2. The van der Waals surface area contributed by atoms with E-state index in [1.165, 1.54) is 4.90 Å². The van der Waals surface area contributed by atoms with Crippen LogP contribution in [0.1, 0.15) is 49.9 Å². The minimum atomic E-state index is -0.711. The minimum absolute atomic E-state index is 0.0217. The van der Waals surface area contributed by atoms with Crippen molar-refractivity contribution in [3.05, 3.63) is 64.7 Å². The lowest BCUT2D eigenvalue weighted by atomic mass is 9.94. The Morgan fingerprint density at radius 2 is 1.82 bits per heavy atom. The number of ether oxygens (including phenoxy) is 3. The van der Waals surface area contributed by atoms with Gasteiger partial charge in [-0.25, -0.2) is 0 Å².